The Labute approximate surface area is 217 Å². The molecule has 0 saturated carbocycles. The maximum absolute atomic E-state index is 13.7. The lowest BCUT2D eigenvalue weighted by Gasteiger charge is -2.31. The maximum Gasteiger partial charge on any atom is 0.281 e. The number of rotatable bonds is 5. The van der Waals surface area contributed by atoms with Crippen molar-refractivity contribution in [1.29, 1.82) is 0 Å². The predicted octanol–water partition coefficient (Wildman–Crippen LogP) is 3.94. The maximum atomic E-state index is 13.7. The van der Waals surface area contributed by atoms with E-state index in [1.807, 2.05) is 48.5 Å². The third-order valence-corrected chi connectivity index (χ3v) is 9.10. The van der Waals surface area contributed by atoms with Gasteiger partial charge in [-0.15, -0.1) is 5.10 Å². The molecule has 2 aromatic heterocycles. The molecule has 3 heterocycles. The van der Waals surface area contributed by atoms with E-state index in [-0.39, 0.29) is 22.9 Å². The van der Waals surface area contributed by atoms with Crippen LogP contribution in [0.5, 0.6) is 0 Å². The molecule has 3 aromatic carbocycles. The zero-order valence-electron chi connectivity index (χ0n) is 19.7. The number of nitrogens with one attached hydrogen (secondary N) is 1. The smallest absolute Gasteiger partial charge is 0.281 e. The Morgan fingerprint density at radius 1 is 1.03 bits per heavy atom. The van der Waals surface area contributed by atoms with Gasteiger partial charge >= 0.3 is 0 Å². The van der Waals surface area contributed by atoms with Gasteiger partial charge in [-0.2, -0.15) is 4.31 Å². The first kappa shape index (κ1) is 23.8. The molecule has 1 saturated heterocycles. The molecule has 0 bridgehead atoms. The monoisotopic (exact) mass is 534 g/mol. The van der Waals surface area contributed by atoms with Gasteiger partial charge in [-0.25, -0.2) is 18.1 Å². The minimum Gasteiger partial charge on any atom is -0.308 e. The molecule has 0 spiro atoms. The molecule has 1 aliphatic heterocycles. The second kappa shape index (κ2) is 9.37. The van der Waals surface area contributed by atoms with Crippen LogP contribution in [0.2, 0.25) is 5.02 Å². The highest BCUT2D eigenvalue weighted by atomic mass is 35.5. The highest BCUT2D eigenvalue weighted by Crippen LogP contribution is 2.31. The fourth-order valence-electron chi connectivity index (χ4n) is 4.91. The third-order valence-electron chi connectivity index (χ3n) is 6.81. The van der Waals surface area contributed by atoms with E-state index in [1.165, 1.54) is 4.31 Å². The molecule has 9 nitrogen and oxygen atoms in total. The normalized spacial score (nSPS) is 16.9. The van der Waals surface area contributed by atoms with Gasteiger partial charge in [-0.1, -0.05) is 71.4 Å². The molecule has 1 fully saturated rings. The van der Waals surface area contributed by atoms with E-state index in [0.29, 0.717) is 47.8 Å². The van der Waals surface area contributed by atoms with Gasteiger partial charge in [-0.05, 0) is 35.9 Å². The summed E-state index contributed by atoms with van der Waals surface area (Å²) in [5, 5.41) is 10.3. The minimum atomic E-state index is -3.76. The number of fused-ring (bicyclic) bond motifs is 2. The van der Waals surface area contributed by atoms with Crippen molar-refractivity contribution >= 4 is 43.6 Å². The van der Waals surface area contributed by atoms with Crippen molar-refractivity contribution in [2.75, 3.05) is 13.1 Å². The summed E-state index contributed by atoms with van der Waals surface area (Å²) >= 11 is 6.31. The lowest BCUT2D eigenvalue weighted by Crippen LogP contribution is -2.40. The van der Waals surface area contributed by atoms with Gasteiger partial charge in [0.2, 0.25) is 10.0 Å². The Morgan fingerprint density at radius 2 is 1.81 bits per heavy atom. The quantitative estimate of drug-likeness (QED) is 0.365. The van der Waals surface area contributed by atoms with Gasteiger partial charge in [0.05, 0.1) is 11.4 Å². The summed E-state index contributed by atoms with van der Waals surface area (Å²) in [4.78, 5) is 20.7. The largest absolute Gasteiger partial charge is 0.308 e. The highest BCUT2D eigenvalue weighted by Gasteiger charge is 2.33. The van der Waals surface area contributed by atoms with Crippen molar-refractivity contribution in [2.45, 2.75) is 30.2 Å². The van der Waals surface area contributed by atoms with Gasteiger partial charge in [0, 0.05) is 29.4 Å². The van der Waals surface area contributed by atoms with Crippen LogP contribution in [-0.2, 0) is 16.6 Å². The van der Waals surface area contributed by atoms with Crippen LogP contribution in [0, 0.1) is 0 Å². The van der Waals surface area contributed by atoms with Crippen molar-refractivity contribution in [3.8, 4) is 0 Å². The minimum absolute atomic E-state index is 0.131. The van der Waals surface area contributed by atoms with E-state index in [0.717, 1.165) is 10.9 Å². The highest BCUT2D eigenvalue weighted by molar-refractivity contribution is 7.89. The average molecular weight is 535 g/mol. The first-order chi connectivity index (χ1) is 17.9. The molecule has 11 heteroatoms. The summed E-state index contributed by atoms with van der Waals surface area (Å²) in [5.41, 5.74) is 0.892. The van der Waals surface area contributed by atoms with Gasteiger partial charge in [0.25, 0.3) is 5.56 Å². The standard InChI is InChI=1S/C26H23ClN6O3S/c27-21-12-4-2-8-18(21)16-33-25-23(30-31-33)26(34)29-24(28-25)19-10-6-14-32(15-19)37(35,36)22-13-5-9-17-7-1-3-11-20(17)22/h1-5,7-9,11-13,19H,6,10,14-16H2,(H,28,29,34)/t19-/m0/s1. The summed E-state index contributed by atoms with van der Waals surface area (Å²) < 4.78 is 30.4. The van der Waals surface area contributed by atoms with Crippen LogP contribution in [-0.4, -0.2) is 50.8 Å². The predicted molar refractivity (Wildman–Crippen MR) is 141 cm³/mol. The zero-order valence-corrected chi connectivity index (χ0v) is 21.3. The van der Waals surface area contributed by atoms with Gasteiger partial charge in [0.15, 0.2) is 11.2 Å². The number of hydrogen-bond acceptors (Lipinski definition) is 6. The Morgan fingerprint density at radius 3 is 2.68 bits per heavy atom. The van der Waals surface area contributed by atoms with Crippen LogP contribution >= 0.6 is 11.6 Å². The molecule has 188 valence electrons. The van der Waals surface area contributed by atoms with Gasteiger partial charge in [-0.3, -0.25) is 4.79 Å². The zero-order chi connectivity index (χ0) is 25.6. The second-order valence-electron chi connectivity index (χ2n) is 9.14. The first-order valence-corrected chi connectivity index (χ1v) is 13.8. The number of piperidine rings is 1. The molecule has 5 aromatic rings. The Balaban J connectivity index is 1.34. The van der Waals surface area contributed by atoms with E-state index in [1.54, 1.807) is 22.9 Å². The summed E-state index contributed by atoms with van der Waals surface area (Å²) in [5.74, 6) is 0.150. The summed E-state index contributed by atoms with van der Waals surface area (Å²) in [6.07, 6.45) is 1.34. The molecule has 1 aliphatic rings. The molecule has 1 N–H and O–H groups in total. The summed E-state index contributed by atoms with van der Waals surface area (Å²) in [6, 6.07) is 20.1. The van der Waals surface area contributed by atoms with E-state index >= 15 is 0 Å². The van der Waals surface area contributed by atoms with E-state index < -0.39 is 15.6 Å². The van der Waals surface area contributed by atoms with Crippen LogP contribution < -0.4 is 5.56 Å². The average Bonchev–Trinajstić information content (AvgIpc) is 3.33. The van der Waals surface area contributed by atoms with Crippen molar-refractivity contribution in [2.24, 2.45) is 0 Å². The lowest BCUT2D eigenvalue weighted by atomic mass is 9.99. The van der Waals surface area contributed by atoms with Gasteiger partial charge < -0.3 is 4.98 Å². The third kappa shape index (κ3) is 4.30. The fraction of sp³-hybridized carbons (Fsp3) is 0.231. The van der Waals surface area contributed by atoms with Crippen molar-refractivity contribution in [3.05, 3.63) is 93.5 Å². The molecular weight excluding hydrogens is 512 g/mol. The number of aromatic nitrogens is 5. The van der Waals surface area contributed by atoms with E-state index in [4.69, 9.17) is 16.6 Å². The summed E-state index contributed by atoms with van der Waals surface area (Å²) in [6.45, 7) is 0.922. The SMILES string of the molecule is O=c1[nH]c([C@H]2CCCN(S(=O)(=O)c3cccc4ccccc34)C2)nc2c1nnn2Cc1ccccc1Cl. The number of aromatic amines is 1. The molecule has 37 heavy (non-hydrogen) atoms. The molecule has 1 atom stereocenters. The second-order valence-corrected chi connectivity index (χ2v) is 11.5. The Kier molecular flexibility index (Phi) is 6.02. The summed E-state index contributed by atoms with van der Waals surface area (Å²) in [7, 11) is -3.76. The molecule has 0 amide bonds. The fourth-order valence-corrected chi connectivity index (χ4v) is 6.85. The van der Waals surface area contributed by atoms with Crippen LogP contribution in [0.25, 0.3) is 21.9 Å². The van der Waals surface area contributed by atoms with Crippen LogP contribution in [0.15, 0.2) is 76.4 Å². The molecule has 0 radical (unpaired) electrons. The lowest BCUT2D eigenvalue weighted by molar-refractivity contribution is 0.309. The van der Waals surface area contributed by atoms with E-state index in [9.17, 15) is 13.2 Å². The molecule has 0 aliphatic carbocycles. The van der Waals surface area contributed by atoms with Crippen LogP contribution in [0.1, 0.15) is 30.1 Å². The Bertz CT molecular complexity index is 1790. The number of halogens is 1. The number of H-pyrrole nitrogens is 1. The number of benzene rings is 3. The van der Waals surface area contributed by atoms with Crippen molar-refractivity contribution in [1.82, 2.24) is 29.3 Å². The van der Waals surface area contributed by atoms with E-state index in [2.05, 4.69) is 15.3 Å². The van der Waals surface area contributed by atoms with Crippen molar-refractivity contribution < 1.29 is 8.42 Å². The van der Waals surface area contributed by atoms with Crippen molar-refractivity contribution in [3.63, 3.8) is 0 Å². The van der Waals surface area contributed by atoms with Crippen LogP contribution in [0.4, 0.5) is 0 Å². The molecule has 6 rings (SSSR count). The first-order valence-electron chi connectivity index (χ1n) is 12.0. The Hall–Kier alpha value is -3.60. The number of hydrogen-bond donors (Lipinski definition) is 1. The molecule has 0 unspecified atom stereocenters. The number of nitrogens with zero attached hydrogens (tertiary/aromatic N) is 5. The van der Waals surface area contributed by atoms with Gasteiger partial charge in [0.1, 0.15) is 5.82 Å². The number of sulfonamides is 1. The van der Waals surface area contributed by atoms with Crippen LogP contribution in [0.3, 0.4) is 0 Å². The molecular formula is C26H23ClN6O3S. The topological polar surface area (TPSA) is 114 Å².